The number of morpholine rings is 1. The summed E-state index contributed by atoms with van der Waals surface area (Å²) in [6, 6.07) is 3.94. The van der Waals surface area contributed by atoms with Gasteiger partial charge in [-0.3, -0.25) is 4.90 Å². The number of anilines is 1. The lowest BCUT2D eigenvalue weighted by molar-refractivity contribution is -0.0244. The zero-order valence-electron chi connectivity index (χ0n) is 14.5. The zero-order valence-corrected chi connectivity index (χ0v) is 14.5. The van der Waals surface area contributed by atoms with E-state index in [1.54, 1.807) is 0 Å². The van der Waals surface area contributed by atoms with Gasteiger partial charge in [-0.1, -0.05) is 13.8 Å². The summed E-state index contributed by atoms with van der Waals surface area (Å²) in [6.07, 6.45) is 2.60. The Kier molecular flexibility index (Phi) is 4.37. The van der Waals surface area contributed by atoms with Crippen LogP contribution in [0.3, 0.4) is 0 Å². The largest absolute Gasteiger partial charge is 0.374 e. The average Bonchev–Trinajstić information content (AvgIpc) is 3.32. The third-order valence-corrected chi connectivity index (χ3v) is 4.59. The summed E-state index contributed by atoms with van der Waals surface area (Å²) in [6.45, 7) is 9.25. The summed E-state index contributed by atoms with van der Waals surface area (Å²) in [7, 11) is 0. The standard InChI is InChI=1S/C17H26N6O/c1-12(2)10-22-7-8-24-14(11-22)9-18-15-5-6-16-19-20-17(13-3-4-13)23(16)21-15/h5-6,12-14H,3-4,7-11H2,1-2H3,(H,18,21)/t14-/m0/s1. The number of nitrogens with one attached hydrogen (secondary N) is 1. The van der Waals surface area contributed by atoms with E-state index in [1.807, 2.05) is 16.6 Å². The summed E-state index contributed by atoms with van der Waals surface area (Å²) in [5.74, 6) is 3.07. The first-order valence-corrected chi connectivity index (χ1v) is 8.99. The fourth-order valence-corrected chi connectivity index (χ4v) is 3.30. The molecule has 0 amide bonds. The molecule has 24 heavy (non-hydrogen) atoms. The Morgan fingerprint density at radius 2 is 2.17 bits per heavy atom. The Morgan fingerprint density at radius 1 is 1.29 bits per heavy atom. The minimum atomic E-state index is 0.207. The van der Waals surface area contributed by atoms with E-state index in [9.17, 15) is 0 Å². The Hall–Kier alpha value is -1.73. The van der Waals surface area contributed by atoms with Crippen molar-refractivity contribution in [3.63, 3.8) is 0 Å². The predicted octanol–water partition coefficient (Wildman–Crippen LogP) is 1.77. The second-order valence-corrected chi connectivity index (χ2v) is 7.35. The van der Waals surface area contributed by atoms with Crippen LogP contribution in [0, 0.1) is 5.92 Å². The maximum Gasteiger partial charge on any atom is 0.178 e. The van der Waals surface area contributed by atoms with Gasteiger partial charge in [0.25, 0.3) is 0 Å². The Bertz CT molecular complexity index is 695. The highest BCUT2D eigenvalue weighted by Gasteiger charge is 2.29. The number of hydrogen-bond acceptors (Lipinski definition) is 6. The monoisotopic (exact) mass is 330 g/mol. The Morgan fingerprint density at radius 3 is 2.96 bits per heavy atom. The summed E-state index contributed by atoms with van der Waals surface area (Å²) in [4.78, 5) is 2.49. The molecule has 0 bridgehead atoms. The first-order valence-electron chi connectivity index (χ1n) is 8.99. The van der Waals surface area contributed by atoms with Crippen LogP contribution in [-0.4, -0.2) is 63.6 Å². The van der Waals surface area contributed by atoms with Gasteiger partial charge in [-0.2, -0.15) is 4.52 Å². The van der Waals surface area contributed by atoms with Crippen LogP contribution < -0.4 is 5.32 Å². The molecule has 4 rings (SSSR count). The second kappa shape index (κ2) is 6.64. The van der Waals surface area contributed by atoms with Crippen molar-refractivity contribution in [3.05, 3.63) is 18.0 Å². The van der Waals surface area contributed by atoms with E-state index in [-0.39, 0.29) is 6.10 Å². The smallest absolute Gasteiger partial charge is 0.178 e. The maximum atomic E-state index is 5.89. The van der Waals surface area contributed by atoms with Gasteiger partial charge in [0.1, 0.15) is 5.82 Å². The minimum Gasteiger partial charge on any atom is -0.374 e. The average molecular weight is 330 g/mol. The van der Waals surface area contributed by atoms with Crippen LogP contribution in [0.25, 0.3) is 5.65 Å². The number of rotatable bonds is 6. The molecular formula is C17H26N6O. The van der Waals surface area contributed by atoms with E-state index >= 15 is 0 Å². The van der Waals surface area contributed by atoms with Gasteiger partial charge in [-0.15, -0.1) is 15.3 Å². The second-order valence-electron chi connectivity index (χ2n) is 7.35. The number of aromatic nitrogens is 4. The van der Waals surface area contributed by atoms with Crippen molar-refractivity contribution in [3.8, 4) is 0 Å². The predicted molar refractivity (Wildman–Crippen MR) is 92.3 cm³/mol. The maximum absolute atomic E-state index is 5.89. The van der Waals surface area contributed by atoms with Crippen molar-refractivity contribution in [2.75, 3.05) is 38.1 Å². The molecule has 7 heteroatoms. The highest BCUT2D eigenvalue weighted by molar-refractivity contribution is 5.44. The highest BCUT2D eigenvalue weighted by Crippen LogP contribution is 2.38. The summed E-state index contributed by atoms with van der Waals surface area (Å²) in [5, 5.41) is 16.6. The van der Waals surface area contributed by atoms with Crippen molar-refractivity contribution < 1.29 is 4.74 Å². The van der Waals surface area contributed by atoms with Gasteiger partial charge in [-0.05, 0) is 30.9 Å². The molecule has 0 radical (unpaired) electrons. The number of nitrogens with zero attached hydrogens (tertiary/aromatic N) is 5. The fourth-order valence-electron chi connectivity index (χ4n) is 3.30. The van der Waals surface area contributed by atoms with E-state index in [2.05, 4.69) is 39.4 Å². The summed E-state index contributed by atoms with van der Waals surface area (Å²) in [5.41, 5.74) is 0.819. The third kappa shape index (κ3) is 3.52. The first kappa shape index (κ1) is 15.8. The van der Waals surface area contributed by atoms with Crippen molar-refractivity contribution in [2.24, 2.45) is 5.92 Å². The molecule has 1 atom stereocenters. The van der Waals surface area contributed by atoms with Crippen molar-refractivity contribution in [1.82, 2.24) is 24.7 Å². The molecule has 7 nitrogen and oxygen atoms in total. The van der Waals surface area contributed by atoms with Crippen LogP contribution in [0.5, 0.6) is 0 Å². The molecule has 130 valence electrons. The first-order chi connectivity index (χ1) is 11.7. The van der Waals surface area contributed by atoms with Crippen LogP contribution in [0.1, 0.15) is 38.4 Å². The van der Waals surface area contributed by atoms with Crippen LogP contribution in [0.2, 0.25) is 0 Å². The van der Waals surface area contributed by atoms with Gasteiger partial charge in [0.15, 0.2) is 11.5 Å². The van der Waals surface area contributed by atoms with Crippen LogP contribution in [0.4, 0.5) is 5.82 Å². The lowest BCUT2D eigenvalue weighted by Gasteiger charge is -2.34. The molecule has 2 fully saturated rings. The van der Waals surface area contributed by atoms with E-state index < -0.39 is 0 Å². The van der Waals surface area contributed by atoms with E-state index in [4.69, 9.17) is 4.74 Å². The van der Waals surface area contributed by atoms with Crippen LogP contribution in [0.15, 0.2) is 12.1 Å². The molecule has 1 N–H and O–H groups in total. The molecular weight excluding hydrogens is 304 g/mol. The highest BCUT2D eigenvalue weighted by atomic mass is 16.5. The topological polar surface area (TPSA) is 67.6 Å². The molecule has 2 aromatic heterocycles. The molecule has 1 aliphatic heterocycles. The Balaban J connectivity index is 1.38. The lowest BCUT2D eigenvalue weighted by Crippen LogP contribution is -2.46. The molecule has 0 unspecified atom stereocenters. The Labute approximate surface area is 142 Å². The summed E-state index contributed by atoms with van der Waals surface area (Å²) >= 11 is 0. The molecule has 2 aromatic rings. The molecule has 1 saturated carbocycles. The zero-order chi connectivity index (χ0) is 16.5. The van der Waals surface area contributed by atoms with Gasteiger partial charge in [-0.25, -0.2) is 0 Å². The summed E-state index contributed by atoms with van der Waals surface area (Å²) < 4.78 is 7.77. The van der Waals surface area contributed by atoms with Gasteiger partial charge in [0.2, 0.25) is 0 Å². The normalized spacial score (nSPS) is 22.4. The van der Waals surface area contributed by atoms with Crippen molar-refractivity contribution in [1.29, 1.82) is 0 Å². The van der Waals surface area contributed by atoms with Gasteiger partial charge < -0.3 is 10.1 Å². The quantitative estimate of drug-likeness (QED) is 0.871. The van der Waals surface area contributed by atoms with E-state index in [0.717, 1.165) is 50.1 Å². The van der Waals surface area contributed by atoms with Gasteiger partial charge in [0.05, 0.1) is 12.7 Å². The molecule has 3 heterocycles. The third-order valence-electron chi connectivity index (χ3n) is 4.59. The van der Waals surface area contributed by atoms with E-state index in [1.165, 1.54) is 12.8 Å². The minimum absolute atomic E-state index is 0.207. The molecule has 1 saturated heterocycles. The number of fused-ring (bicyclic) bond motifs is 1. The molecule has 2 aliphatic rings. The van der Waals surface area contributed by atoms with Crippen LogP contribution >= 0.6 is 0 Å². The molecule has 0 aromatic carbocycles. The number of hydrogen-bond donors (Lipinski definition) is 1. The molecule has 0 spiro atoms. The van der Waals surface area contributed by atoms with Crippen LogP contribution in [-0.2, 0) is 4.74 Å². The number of ether oxygens (including phenoxy) is 1. The fraction of sp³-hybridized carbons (Fsp3) is 0.706. The van der Waals surface area contributed by atoms with Gasteiger partial charge in [0, 0.05) is 32.1 Å². The lowest BCUT2D eigenvalue weighted by atomic mass is 10.2. The SMILES string of the molecule is CC(C)CN1CCO[C@@H](CNc2ccc3nnc(C4CC4)n3n2)C1. The van der Waals surface area contributed by atoms with Crippen molar-refractivity contribution in [2.45, 2.75) is 38.7 Å². The van der Waals surface area contributed by atoms with Crippen molar-refractivity contribution >= 4 is 11.5 Å². The van der Waals surface area contributed by atoms with Gasteiger partial charge >= 0.3 is 0 Å². The molecule has 1 aliphatic carbocycles. The van der Waals surface area contributed by atoms with E-state index in [0.29, 0.717) is 11.8 Å².